The molecule has 1 amide bonds. The number of nitrogens with one attached hydrogen (secondary N) is 1. The summed E-state index contributed by atoms with van der Waals surface area (Å²) >= 11 is 5.93. The summed E-state index contributed by atoms with van der Waals surface area (Å²) in [5, 5.41) is 3.49. The van der Waals surface area contributed by atoms with Gasteiger partial charge < -0.3 is 19.5 Å². The second kappa shape index (κ2) is 8.62. The standard InChI is InChI=1S/C19H22ClNO4/c1-12-9-15(20)6-8-16(12)25-13(2)19(22)21-11-14-5-7-17(23-3)18(10-14)24-4/h5-10,13H,11H2,1-4H3,(H,21,22). The maximum Gasteiger partial charge on any atom is 0.261 e. The van der Waals surface area contributed by atoms with Gasteiger partial charge in [0.2, 0.25) is 0 Å². The molecule has 0 spiro atoms. The van der Waals surface area contributed by atoms with Crippen molar-refractivity contribution in [3.8, 4) is 17.2 Å². The van der Waals surface area contributed by atoms with Gasteiger partial charge in [-0.3, -0.25) is 4.79 Å². The molecule has 0 aliphatic carbocycles. The molecule has 0 aliphatic heterocycles. The lowest BCUT2D eigenvalue weighted by molar-refractivity contribution is -0.127. The van der Waals surface area contributed by atoms with Crippen molar-refractivity contribution in [3.63, 3.8) is 0 Å². The number of hydrogen-bond donors (Lipinski definition) is 1. The van der Waals surface area contributed by atoms with Crippen LogP contribution in [0.15, 0.2) is 36.4 Å². The van der Waals surface area contributed by atoms with E-state index in [-0.39, 0.29) is 5.91 Å². The van der Waals surface area contributed by atoms with E-state index in [4.69, 9.17) is 25.8 Å². The third-order valence-corrected chi connectivity index (χ3v) is 3.96. The molecular formula is C19H22ClNO4. The first kappa shape index (κ1) is 18.9. The molecule has 0 fully saturated rings. The molecule has 1 N–H and O–H groups in total. The minimum absolute atomic E-state index is 0.205. The smallest absolute Gasteiger partial charge is 0.261 e. The van der Waals surface area contributed by atoms with Crippen molar-refractivity contribution >= 4 is 17.5 Å². The Morgan fingerprint density at radius 2 is 1.76 bits per heavy atom. The van der Waals surface area contributed by atoms with Gasteiger partial charge in [0.15, 0.2) is 17.6 Å². The van der Waals surface area contributed by atoms with Gasteiger partial charge in [-0.2, -0.15) is 0 Å². The molecule has 1 atom stereocenters. The molecule has 0 heterocycles. The van der Waals surface area contributed by atoms with Gasteiger partial charge >= 0.3 is 0 Å². The first-order valence-corrected chi connectivity index (χ1v) is 8.23. The van der Waals surface area contributed by atoms with Gasteiger partial charge in [0.25, 0.3) is 5.91 Å². The molecule has 0 saturated carbocycles. The number of rotatable bonds is 7. The van der Waals surface area contributed by atoms with Crippen LogP contribution in [0.3, 0.4) is 0 Å². The Kier molecular flexibility index (Phi) is 6.53. The van der Waals surface area contributed by atoms with Crippen molar-refractivity contribution in [1.29, 1.82) is 0 Å². The maximum absolute atomic E-state index is 12.3. The molecule has 0 radical (unpaired) electrons. The lowest BCUT2D eigenvalue weighted by Gasteiger charge is -2.17. The van der Waals surface area contributed by atoms with E-state index in [2.05, 4.69) is 5.32 Å². The largest absolute Gasteiger partial charge is 0.493 e. The van der Waals surface area contributed by atoms with Crippen molar-refractivity contribution in [1.82, 2.24) is 5.32 Å². The topological polar surface area (TPSA) is 56.8 Å². The summed E-state index contributed by atoms with van der Waals surface area (Å²) < 4.78 is 16.2. The first-order valence-electron chi connectivity index (χ1n) is 7.86. The fourth-order valence-electron chi connectivity index (χ4n) is 2.31. The van der Waals surface area contributed by atoms with Gasteiger partial charge in [0.05, 0.1) is 14.2 Å². The summed E-state index contributed by atoms with van der Waals surface area (Å²) in [5.41, 5.74) is 1.79. The van der Waals surface area contributed by atoms with Crippen LogP contribution >= 0.6 is 11.6 Å². The van der Waals surface area contributed by atoms with Gasteiger partial charge in [0, 0.05) is 11.6 Å². The van der Waals surface area contributed by atoms with E-state index in [9.17, 15) is 4.79 Å². The summed E-state index contributed by atoms with van der Waals surface area (Å²) in [5.74, 6) is 1.70. The van der Waals surface area contributed by atoms with E-state index in [1.807, 2.05) is 19.1 Å². The Balaban J connectivity index is 1.95. The van der Waals surface area contributed by atoms with Crippen LogP contribution in [0.25, 0.3) is 0 Å². The number of ether oxygens (including phenoxy) is 3. The van der Waals surface area contributed by atoms with Crippen LogP contribution < -0.4 is 19.5 Å². The molecule has 5 nitrogen and oxygen atoms in total. The third-order valence-electron chi connectivity index (χ3n) is 3.72. The molecular weight excluding hydrogens is 342 g/mol. The van der Waals surface area contributed by atoms with Crippen LogP contribution in [0.4, 0.5) is 0 Å². The summed E-state index contributed by atoms with van der Waals surface area (Å²) in [6.07, 6.45) is -0.625. The maximum atomic E-state index is 12.3. The molecule has 2 rings (SSSR count). The van der Waals surface area contributed by atoms with Crippen LogP contribution in [0.5, 0.6) is 17.2 Å². The fourth-order valence-corrected chi connectivity index (χ4v) is 2.54. The van der Waals surface area contributed by atoms with E-state index in [0.29, 0.717) is 28.8 Å². The zero-order chi connectivity index (χ0) is 18.4. The number of amides is 1. The quantitative estimate of drug-likeness (QED) is 0.814. The van der Waals surface area contributed by atoms with Gasteiger partial charge in [-0.15, -0.1) is 0 Å². The van der Waals surface area contributed by atoms with Gasteiger partial charge in [-0.1, -0.05) is 17.7 Å². The number of carbonyl (C=O) groups excluding carboxylic acids is 1. The van der Waals surface area contributed by atoms with E-state index in [1.54, 1.807) is 45.4 Å². The van der Waals surface area contributed by atoms with Crippen LogP contribution in [-0.2, 0) is 11.3 Å². The van der Waals surface area contributed by atoms with E-state index >= 15 is 0 Å². The second-order valence-corrected chi connectivity index (χ2v) is 6.01. The number of halogens is 1. The van der Waals surface area contributed by atoms with Gasteiger partial charge in [-0.25, -0.2) is 0 Å². The van der Waals surface area contributed by atoms with Crippen molar-refractivity contribution in [3.05, 3.63) is 52.5 Å². The number of methoxy groups -OCH3 is 2. The Bertz CT molecular complexity index is 748. The van der Waals surface area contributed by atoms with Crippen molar-refractivity contribution in [2.75, 3.05) is 14.2 Å². The Hall–Kier alpha value is -2.40. The van der Waals surface area contributed by atoms with E-state index in [0.717, 1.165) is 11.1 Å². The third kappa shape index (κ3) is 5.03. The minimum atomic E-state index is -0.625. The summed E-state index contributed by atoms with van der Waals surface area (Å²) in [7, 11) is 3.15. The molecule has 2 aromatic rings. The highest BCUT2D eigenvalue weighted by atomic mass is 35.5. The Morgan fingerprint density at radius 1 is 1.08 bits per heavy atom. The molecule has 1 unspecified atom stereocenters. The number of aryl methyl sites for hydroxylation is 1. The molecule has 0 aromatic heterocycles. The number of benzene rings is 2. The minimum Gasteiger partial charge on any atom is -0.493 e. The molecule has 25 heavy (non-hydrogen) atoms. The highest BCUT2D eigenvalue weighted by Crippen LogP contribution is 2.27. The highest BCUT2D eigenvalue weighted by molar-refractivity contribution is 6.30. The van der Waals surface area contributed by atoms with Crippen LogP contribution in [0.2, 0.25) is 5.02 Å². The molecule has 0 bridgehead atoms. The zero-order valence-electron chi connectivity index (χ0n) is 14.8. The molecule has 0 saturated heterocycles. The summed E-state index contributed by atoms with van der Waals surface area (Å²) in [6.45, 7) is 3.96. The van der Waals surface area contributed by atoms with Gasteiger partial charge in [-0.05, 0) is 55.3 Å². The fraction of sp³-hybridized carbons (Fsp3) is 0.316. The number of hydrogen-bond acceptors (Lipinski definition) is 4. The van der Waals surface area contributed by atoms with Crippen molar-refractivity contribution < 1.29 is 19.0 Å². The molecule has 134 valence electrons. The average Bonchev–Trinajstić information content (AvgIpc) is 2.61. The van der Waals surface area contributed by atoms with Crippen molar-refractivity contribution in [2.24, 2.45) is 0 Å². The monoisotopic (exact) mass is 363 g/mol. The predicted molar refractivity (Wildman–Crippen MR) is 97.7 cm³/mol. The van der Waals surface area contributed by atoms with Gasteiger partial charge in [0.1, 0.15) is 5.75 Å². The Morgan fingerprint density at radius 3 is 2.40 bits per heavy atom. The summed E-state index contributed by atoms with van der Waals surface area (Å²) in [4.78, 5) is 12.3. The predicted octanol–water partition coefficient (Wildman–Crippen LogP) is 3.75. The lowest BCUT2D eigenvalue weighted by Crippen LogP contribution is -2.36. The zero-order valence-corrected chi connectivity index (χ0v) is 15.5. The van der Waals surface area contributed by atoms with Crippen LogP contribution in [0.1, 0.15) is 18.1 Å². The van der Waals surface area contributed by atoms with E-state index in [1.165, 1.54) is 0 Å². The average molecular weight is 364 g/mol. The molecule has 2 aromatic carbocycles. The summed E-state index contributed by atoms with van der Waals surface area (Å²) in [6, 6.07) is 10.8. The second-order valence-electron chi connectivity index (χ2n) is 5.58. The lowest BCUT2D eigenvalue weighted by atomic mass is 10.2. The highest BCUT2D eigenvalue weighted by Gasteiger charge is 2.16. The first-order chi connectivity index (χ1) is 11.9. The molecule has 6 heteroatoms. The SMILES string of the molecule is COc1ccc(CNC(=O)C(C)Oc2ccc(Cl)cc2C)cc1OC. The van der Waals surface area contributed by atoms with Crippen LogP contribution in [-0.4, -0.2) is 26.2 Å². The normalized spacial score (nSPS) is 11.6. The Labute approximate surface area is 152 Å². The van der Waals surface area contributed by atoms with E-state index < -0.39 is 6.10 Å². The van der Waals surface area contributed by atoms with Crippen LogP contribution in [0, 0.1) is 6.92 Å². The number of carbonyl (C=O) groups is 1. The molecule has 0 aliphatic rings. The van der Waals surface area contributed by atoms with Crippen molar-refractivity contribution in [2.45, 2.75) is 26.5 Å².